The van der Waals surface area contributed by atoms with Crippen molar-refractivity contribution in [3.8, 4) is 0 Å². The Morgan fingerprint density at radius 1 is 0.966 bits per heavy atom. The molecule has 0 saturated heterocycles. The molecular weight excluding hydrogens is 364 g/mol. The van der Waals surface area contributed by atoms with Crippen LogP contribution in [0.5, 0.6) is 0 Å². The molecule has 0 heterocycles. The Morgan fingerprint density at radius 2 is 1.59 bits per heavy atom. The summed E-state index contributed by atoms with van der Waals surface area (Å²) in [5.41, 5.74) is 2.46. The maximum atomic E-state index is 12.7. The molecule has 0 fully saturated rings. The van der Waals surface area contributed by atoms with Gasteiger partial charge in [-0.3, -0.25) is 9.59 Å². The van der Waals surface area contributed by atoms with Crippen LogP contribution in [0.3, 0.4) is 0 Å². The van der Waals surface area contributed by atoms with Crippen LogP contribution in [-0.2, 0) is 16.1 Å². The Bertz CT molecular complexity index is 613. The van der Waals surface area contributed by atoms with E-state index in [1.165, 1.54) is 18.4 Å². The first-order valence-electron chi connectivity index (χ1n) is 11.1. The molecule has 2 amide bonds. The number of carbonyl (C=O) groups excluding carboxylic acids is 2. The van der Waals surface area contributed by atoms with E-state index in [9.17, 15) is 14.7 Å². The minimum atomic E-state index is -0.100. The van der Waals surface area contributed by atoms with Crippen LogP contribution in [0.4, 0.5) is 0 Å². The Hall–Kier alpha value is -1.88. The minimum absolute atomic E-state index is 0.00174. The van der Waals surface area contributed by atoms with E-state index < -0.39 is 0 Å². The van der Waals surface area contributed by atoms with Crippen molar-refractivity contribution < 1.29 is 14.7 Å². The molecule has 164 valence electrons. The highest BCUT2D eigenvalue weighted by molar-refractivity contribution is 5.78. The molecule has 1 aromatic carbocycles. The monoisotopic (exact) mass is 404 g/mol. The lowest BCUT2D eigenvalue weighted by Crippen LogP contribution is -2.42. The number of hydrogen-bond acceptors (Lipinski definition) is 3. The molecule has 0 saturated carbocycles. The largest absolute Gasteiger partial charge is 0.395 e. The Balaban J connectivity index is 2.88. The molecule has 0 spiro atoms. The molecule has 1 rings (SSSR count). The lowest BCUT2D eigenvalue weighted by Gasteiger charge is -2.29. The molecule has 1 unspecified atom stereocenters. The Kier molecular flexibility index (Phi) is 11.6. The van der Waals surface area contributed by atoms with Crippen LogP contribution in [0, 0.1) is 5.92 Å². The van der Waals surface area contributed by atoms with E-state index in [-0.39, 0.29) is 24.3 Å². The third-order valence-electron chi connectivity index (χ3n) is 5.42. The summed E-state index contributed by atoms with van der Waals surface area (Å²) < 4.78 is 0. The smallest absolute Gasteiger partial charge is 0.225 e. The first-order chi connectivity index (χ1) is 13.9. The van der Waals surface area contributed by atoms with Gasteiger partial charge in [0, 0.05) is 38.5 Å². The molecule has 0 radical (unpaired) electrons. The van der Waals surface area contributed by atoms with Crippen LogP contribution < -0.4 is 0 Å². The van der Waals surface area contributed by atoms with Gasteiger partial charge in [-0.25, -0.2) is 0 Å². The van der Waals surface area contributed by atoms with Gasteiger partial charge in [-0.15, -0.1) is 0 Å². The van der Waals surface area contributed by atoms with E-state index in [4.69, 9.17) is 0 Å². The molecule has 1 N–H and O–H groups in total. The summed E-state index contributed by atoms with van der Waals surface area (Å²) >= 11 is 0. The quantitative estimate of drug-likeness (QED) is 0.536. The zero-order chi connectivity index (χ0) is 21.8. The molecular formula is C24H40N2O3. The molecule has 0 aromatic heterocycles. The topological polar surface area (TPSA) is 60.9 Å². The molecule has 1 atom stereocenters. The number of aliphatic hydroxyl groups is 1. The number of nitrogens with zero attached hydrogens (tertiary/aromatic N) is 2. The van der Waals surface area contributed by atoms with Gasteiger partial charge in [-0.1, -0.05) is 65.3 Å². The predicted molar refractivity (Wildman–Crippen MR) is 119 cm³/mol. The van der Waals surface area contributed by atoms with Crippen LogP contribution in [0.1, 0.15) is 77.3 Å². The van der Waals surface area contributed by atoms with E-state index in [0.29, 0.717) is 38.5 Å². The van der Waals surface area contributed by atoms with Crippen LogP contribution in [0.15, 0.2) is 24.3 Å². The number of rotatable bonds is 13. The highest BCUT2D eigenvalue weighted by atomic mass is 16.3. The number of amides is 2. The average Bonchev–Trinajstić information content (AvgIpc) is 2.73. The fourth-order valence-corrected chi connectivity index (χ4v) is 3.65. The number of benzene rings is 1. The standard InChI is InChI=1S/C24H40N2O3/c1-6-9-21(7-2)22-12-10-20(11-13-22)18-26(24(29)19(4)5)15-14-25(16-17-27)23(28)8-3/h10-13,19,21,27H,6-9,14-18H2,1-5H3. The van der Waals surface area contributed by atoms with Gasteiger partial charge in [0.05, 0.1) is 6.61 Å². The third-order valence-corrected chi connectivity index (χ3v) is 5.42. The second kappa shape index (κ2) is 13.4. The molecule has 5 nitrogen and oxygen atoms in total. The molecule has 1 aromatic rings. The second-order valence-corrected chi connectivity index (χ2v) is 8.01. The van der Waals surface area contributed by atoms with Crippen molar-refractivity contribution in [1.29, 1.82) is 0 Å². The van der Waals surface area contributed by atoms with Gasteiger partial charge in [0.2, 0.25) is 11.8 Å². The summed E-state index contributed by atoms with van der Waals surface area (Å²) in [6.45, 7) is 11.7. The summed E-state index contributed by atoms with van der Waals surface area (Å²) in [6, 6.07) is 8.62. The van der Waals surface area contributed by atoms with Crippen molar-refractivity contribution in [2.24, 2.45) is 5.92 Å². The molecule has 0 aliphatic rings. The molecule has 0 aliphatic carbocycles. The van der Waals surface area contributed by atoms with Gasteiger partial charge in [-0.2, -0.15) is 0 Å². The maximum Gasteiger partial charge on any atom is 0.225 e. The van der Waals surface area contributed by atoms with E-state index in [2.05, 4.69) is 38.1 Å². The van der Waals surface area contributed by atoms with Crippen molar-refractivity contribution in [2.75, 3.05) is 26.2 Å². The van der Waals surface area contributed by atoms with Crippen LogP contribution in [0.2, 0.25) is 0 Å². The van der Waals surface area contributed by atoms with Crippen molar-refractivity contribution in [2.45, 2.75) is 72.8 Å². The van der Waals surface area contributed by atoms with Crippen LogP contribution in [0.25, 0.3) is 0 Å². The fraction of sp³-hybridized carbons (Fsp3) is 0.667. The van der Waals surface area contributed by atoms with E-state index >= 15 is 0 Å². The SMILES string of the molecule is CCCC(CC)c1ccc(CN(CCN(CCO)C(=O)CC)C(=O)C(C)C)cc1. The van der Waals surface area contributed by atoms with Gasteiger partial charge >= 0.3 is 0 Å². The first-order valence-corrected chi connectivity index (χ1v) is 11.1. The van der Waals surface area contributed by atoms with Gasteiger partial charge < -0.3 is 14.9 Å². The predicted octanol–water partition coefficient (Wildman–Crippen LogP) is 4.20. The first kappa shape index (κ1) is 25.2. The summed E-state index contributed by atoms with van der Waals surface area (Å²) in [5.74, 6) is 0.576. The normalized spacial score (nSPS) is 12.1. The van der Waals surface area contributed by atoms with E-state index in [0.717, 1.165) is 12.0 Å². The van der Waals surface area contributed by atoms with E-state index in [1.54, 1.807) is 4.90 Å². The summed E-state index contributed by atoms with van der Waals surface area (Å²) in [6.07, 6.45) is 3.91. The van der Waals surface area contributed by atoms with Gasteiger partial charge in [-0.05, 0) is 29.9 Å². The molecule has 0 bridgehead atoms. The zero-order valence-electron chi connectivity index (χ0n) is 19.0. The van der Waals surface area contributed by atoms with Crippen LogP contribution in [-0.4, -0.2) is 53.0 Å². The van der Waals surface area contributed by atoms with Crippen molar-refractivity contribution in [3.63, 3.8) is 0 Å². The summed E-state index contributed by atoms with van der Waals surface area (Å²) in [7, 11) is 0. The fourth-order valence-electron chi connectivity index (χ4n) is 3.65. The van der Waals surface area contributed by atoms with Gasteiger partial charge in [0.15, 0.2) is 0 Å². The summed E-state index contributed by atoms with van der Waals surface area (Å²) in [5, 5.41) is 9.23. The van der Waals surface area contributed by atoms with Gasteiger partial charge in [0.1, 0.15) is 0 Å². The average molecular weight is 405 g/mol. The number of aliphatic hydroxyl groups excluding tert-OH is 1. The van der Waals surface area contributed by atoms with Crippen LogP contribution >= 0.6 is 0 Å². The summed E-state index contributed by atoms with van der Waals surface area (Å²) in [4.78, 5) is 28.3. The molecule has 5 heteroatoms. The Morgan fingerprint density at radius 3 is 2.07 bits per heavy atom. The number of carbonyl (C=O) groups is 2. The lowest BCUT2D eigenvalue weighted by atomic mass is 9.91. The highest BCUT2D eigenvalue weighted by Crippen LogP contribution is 2.25. The zero-order valence-corrected chi connectivity index (χ0v) is 19.0. The second-order valence-electron chi connectivity index (χ2n) is 8.01. The Labute approximate surface area is 177 Å². The molecule has 29 heavy (non-hydrogen) atoms. The minimum Gasteiger partial charge on any atom is -0.395 e. The number of hydrogen-bond donors (Lipinski definition) is 1. The van der Waals surface area contributed by atoms with Crippen molar-refractivity contribution >= 4 is 11.8 Å². The lowest BCUT2D eigenvalue weighted by molar-refractivity contribution is -0.137. The highest BCUT2D eigenvalue weighted by Gasteiger charge is 2.20. The van der Waals surface area contributed by atoms with Crippen molar-refractivity contribution in [3.05, 3.63) is 35.4 Å². The maximum absolute atomic E-state index is 12.7. The van der Waals surface area contributed by atoms with Gasteiger partial charge in [0.25, 0.3) is 0 Å². The molecule has 0 aliphatic heterocycles. The third kappa shape index (κ3) is 8.17. The van der Waals surface area contributed by atoms with E-state index in [1.807, 2.05) is 25.7 Å². The van der Waals surface area contributed by atoms with Crippen molar-refractivity contribution in [1.82, 2.24) is 9.80 Å².